The third-order valence-corrected chi connectivity index (χ3v) is 3.60. The predicted molar refractivity (Wildman–Crippen MR) is 81.0 cm³/mol. The summed E-state index contributed by atoms with van der Waals surface area (Å²) in [5.74, 6) is 0. The Balaban J connectivity index is 1.84. The minimum Gasteiger partial charge on any atom is -0.391 e. The Morgan fingerprint density at radius 2 is 1.84 bits per heavy atom. The molecule has 2 aromatic rings. The van der Waals surface area contributed by atoms with E-state index in [2.05, 4.69) is 10.4 Å². The molecule has 2 rings (SSSR count). The highest BCUT2D eigenvalue weighted by Gasteiger charge is 2.29. The summed E-state index contributed by atoms with van der Waals surface area (Å²) >= 11 is 0. The van der Waals surface area contributed by atoms with Gasteiger partial charge in [-0.05, 0) is 24.1 Å². The van der Waals surface area contributed by atoms with Gasteiger partial charge in [0.2, 0.25) is 0 Å². The molecule has 0 aliphatic rings. The van der Waals surface area contributed by atoms with Crippen LogP contribution in [0.4, 0.5) is 22.0 Å². The van der Waals surface area contributed by atoms with Gasteiger partial charge < -0.3 is 10.4 Å². The fraction of sp³-hybridized carbons (Fsp3) is 0.438. The molecular weight excluding hydrogens is 345 g/mol. The number of hydrogen-bond donors (Lipinski definition) is 2. The SMILES string of the molecule is Cn1cc(C(F)F)c(CNCC(O)Cc2ccc(C(F)(F)F)cc2)n1. The number of nitrogens with zero attached hydrogens (tertiary/aromatic N) is 2. The molecule has 0 fully saturated rings. The van der Waals surface area contributed by atoms with E-state index in [0.717, 1.165) is 12.1 Å². The molecule has 0 aliphatic carbocycles. The number of nitrogens with one attached hydrogen (secondary N) is 1. The van der Waals surface area contributed by atoms with E-state index in [1.54, 1.807) is 0 Å². The standard InChI is InChI=1S/C16H18F5N3O/c1-24-9-13(15(17)18)14(23-24)8-22-7-12(25)6-10-2-4-11(5-3-10)16(19,20)21/h2-5,9,12,15,22,25H,6-8H2,1H3. The second-order valence-electron chi connectivity index (χ2n) is 5.69. The number of aryl methyl sites for hydroxylation is 1. The molecule has 0 saturated carbocycles. The van der Waals surface area contributed by atoms with Crippen molar-refractivity contribution in [2.24, 2.45) is 7.05 Å². The number of aliphatic hydroxyl groups is 1. The molecule has 0 aliphatic heterocycles. The number of hydrogen-bond acceptors (Lipinski definition) is 3. The number of rotatable bonds is 7. The van der Waals surface area contributed by atoms with Gasteiger partial charge in [0.25, 0.3) is 6.43 Å². The van der Waals surface area contributed by atoms with Crippen LogP contribution in [0.2, 0.25) is 0 Å². The second kappa shape index (κ2) is 7.92. The van der Waals surface area contributed by atoms with Gasteiger partial charge >= 0.3 is 6.18 Å². The van der Waals surface area contributed by atoms with Crippen LogP contribution in [0.25, 0.3) is 0 Å². The molecule has 0 bridgehead atoms. The summed E-state index contributed by atoms with van der Waals surface area (Å²) in [5.41, 5.74) is -0.182. The Kier molecular flexibility index (Phi) is 6.12. The zero-order chi connectivity index (χ0) is 18.6. The van der Waals surface area contributed by atoms with Crippen LogP contribution in [-0.4, -0.2) is 27.5 Å². The van der Waals surface area contributed by atoms with Gasteiger partial charge in [-0.1, -0.05) is 12.1 Å². The van der Waals surface area contributed by atoms with E-state index in [1.807, 2.05) is 0 Å². The Morgan fingerprint density at radius 3 is 2.40 bits per heavy atom. The maximum Gasteiger partial charge on any atom is 0.416 e. The quantitative estimate of drug-likeness (QED) is 0.744. The van der Waals surface area contributed by atoms with Gasteiger partial charge in [0.1, 0.15) is 0 Å². The monoisotopic (exact) mass is 363 g/mol. The molecule has 1 aromatic carbocycles. The van der Waals surface area contributed by atoms with Gasteiger partial charge in [-0.25, -0.2) is 8.78 Å². The van der Waals surface area contributed by atoms with Crippen molar-refractivity contribution in [1.29, 1.82) is 0 Å². The van der Waals surface area contributed by atoms with Crippen LogP contribution in [0.15, 0.2) is 30.5 Å². The molecule has 0 amide bonds. The molecule has 138 valence electrons. The average molecular weight is 363 g/mol. The number of benzene rings is 1. The van der Waals surface area contributed by atoms with Crippen molar-refractivity contribution in [1.82, 2.24) is 15.1 Å². The van der Waals surface area contributed by atoms with Crippen molar-refractivity contribution in [3.05, 3.63) is 52.8 Å². The summed E-state index contributed by atoms with van der Waals surface area (Å²) in [5, 5.41) is 16.7. The highest BCUT2D eigenvalue weighted by molar-refractivity contribution is 5.25. The Labute approximate surface area is 141 Å². The first kappa shape index (κ1) is 19.3. The lowest BCUT2D eigenvalue weighted by Crippen LogP contribution is -2.28. The summed E-state index contributed by atoms with van der Waals surface area (Å²) in [4.78, 5) is 0. The normalized spacial score (nSPS) is 13.4. The van der Waals surface area contributed by atoms with Crippen LogP contribution in [0.1, 0.15) is 28.8 Å². The van der Waals surface area contributed by atoms with E-state index in [9.17, 15) is 27.1 Å². The van der Waals surface area contributed by atoms with E-state index in [4.69, 9.17) is 0 Å². The molecule has 1 heterocycles. The number of aromatic nitrogens is 2. The summed E-state index contributed by atoms with van der Waals surface area (Å²) in [6.07, 6.45) is -6.52. The first-order valence-corrected chi connectivity index (χ1v) is 7.52. The minimum absolute atomic E-state index is 0.0601. The number of halogens is 5. The lowest BCUT2D eigenvalue weighted by Gasteiger charge is -2.13. The Morgan fingerprint density at radius 1 is 1.20 bits per heavy atom. The van der Waals surface area contributed by atoms with Crippen LogP contribution in [-0.2, 0) is 26.2 Å². The zero-order valence-electron chi connectivity index (χ0n) is 13.4. The van der Waals surface area contributed by atoms with Gasteiger partial charge in [0, 0.05) is 26.3 Å². The van der Waals surface area contributed by atoms with Gasteiger partial charge in [0.05, 0.1) is 22.9 Å². The molecule has 4 nitrogen and oxygen atoms in total. The van der Waals surface area contributed by atoms with Gasteiger partial charge in [-0.2, -0.15) is 18.3 Å². The summed E-state index contributed by atoms with van der Waals surface area (Å²) in [6.45, 7) is 0.158. The van der Waals surface area contributed by atoms with Crippen LogP contribution in [0.3, 0.4) is 0 Å². The first-order chi connectivity index (χ1) is 11.7. The fourth-order valence-electron chi connectivity index (χ4n) is 2.40. The molecule has 0 radical (unpaired) electrons. The van der Waals surface area contributed by atoms with E-state index >= 15 is 0 Å². The molecule has 1 aromatic heterocycles. The van der Waals surface area contributed by atoms with E-state index in [1.165, 1.54) is 30.1 Å². The van der Waals surface area contributed by atoms with Gasteiger partial charge in [0.15, 0.2) is 0 Å². The van der Waals surface area contributed by atoms with Crippen molar-refractivity contribution in [3.8, 4) is 0 Å². The highest BCUT2D eigenvalue weighted by atomic mass is 19.4. The third-order valence-electron chi connectivity index (χ3n) is 3.60. The molecule has 1 unspecified atom stereocenters. The lowest BCUT2D eigenvalue weighted by atomic mass is 10.1. The largest absolute Gasteiger partial charge is 0.416 e. The number of aliphatic hydroxyl groups excluding tert-OH is 1. The smallest absolute Gasteiger partial charge is 0.391 e. The molecular formula is C16H18F5N3O. The minimum atomic E-state index is -4.40. The molecule has 2 N–H and O–H groups in total. The zero-order valence-corrected chi connectivity index (χ0v) is 13.4. The third kappa shape index (κ3) is 5.50. The fourth-order valence-corrected chi connectivity index (χ4v) is 2.40. The first-order valence-electron chi connectivity index (χ1n) is 7.52. The molecule has 25 heavy (non-hydrogen) atoms. The summed E-state index contributed by atoms with van der Waals surface area (Å²) in [7, 11) is 1.54. The molecule has 9 heteroatoms. The van der Waals surface area contributed by atoms with E-state index in [-0.39, 0.29) is 30.8 Å². The van der Waals surface area contributed by atoms with E-state index < -0.39 is 24.3 Å². The Bertz CT molecular complexity index is 682. The van der Waals surface area contributed by atoms with Crippen molar-refractivity contribution in [3.63, 3.8) is 0 Å². The Hall–Kier alpha value is -2.00. The van der Waals surface area contributed by atoms with Crippen molar-refractivity contribution in [2.75, 3.05) is 6.54 Å². The van der Waals surface area contributed by atoms with Crippen molar-refractivity contribution >= 4 is 0 Å². The van der Waals surface area contributed by atoms with Crippen molar-refractivity contribution in [2.45, 2.75) is 31.7 Å². The highest BCUT2D eigenvalue weighted by Crippen LogP contribution is 2.29. The van der Waals surface area contributed by atoms with Gasteiger partial charge in [-0.15, -0.1) is 0 Å². The molecule has 0 saturated heterocycles. The van der Waals surface area contributed by atoms with Crippen molar-refractivity contribution < 1.29 is 27.1 Å². The second-order valence-corrected chi connectivity index (χ2v) is 5.69. The van der Waals surface area contributed by atoms with Gasteiger partial charge in [-0.3, -0.25) is 4.68 Å². The summed E-state index contributed by atoms with van der Waals surface area (Å²) in [6, 6.07) is 4.52. The van der Waals surface area contributed by atoms with Crippen LogP contribution in [0.5, 0.6) is 0 Å². The predicted octanol–water partition coefficient (Wildman–Crippen LogP) is 3.07. The van der Waals surface area contributed by atoms with Crippen LogP contribution >= 0.6 is 0 Å². The van der Waals surface area contributed by atoms with Crippen LogP contribution < -0.4 is 5.32 Å². The molecule has 1 atom stereocenters. The molecule has 0 spiro atoms. The lowest BCUT2D eigenvalue weighted by molar-refractivity contribution is -0.137. The maximum absolute atomic E-state index is 12.8. The van der Waals surface area contributed by atoms with E-state index in [0.29, 0.717) is 5.56 Å². The topological polar surface area (TPSA) is 50.1 Å². The number of alkyl halides is 5. The van der Waals surface area contributed by atoms with Crippen LogP contribution in [0, 0.1) is 0 Å². The summed E-state index contributed by atoms with van der Waals surface area (Å²) < 4.78 is 64.4. The average Bonchev–Trinajstić information content (AvgIpc) is 2.88. The maximum atomic E-state index is 12.8.